The molecule has 5 heteroatoms. The van der Waals surface area contributed by atoms with Gasteiger partial charge in [0.15, 0.2) is 0 Å². The second-order valence-corrected chi connectivity index (χ2v) is 9.47. The third-order valence-electron chi connectivity index (χ3n) is 7.33. The van der Waals surface area contributed by atoms with Crippen LogP contribution in [0.15, 0.2) is 30.5 Å². The maximum Gasteiger partial charge on any atom is 0.257 e. The molecule has 0 atom stereocenters. The van der Waals surface area contributed by atoms with Crippen molar-refractivity contribution in [2.24, 2.45) is 23.2 Å². The highest BCUT2D eigenvalue weighted by Gasteiger charge is 2.51. The zero-order valence-corrected chi connectivity index (χ0v) is 16.8. The number of ether oxygens (including phenoxy) is 1. The SMILES string of the molecule is COc1ccc(-c2[nH]ncc2C(=O)N(C)CC23CC4CC(CC(C4)C2)C3)cc1. The molecule has 0 radical (unpaired) electrons. The fraction of sp³-hybridized carbons (Fsp3) is 0.565. The molecule has 1 aromatic carbocycles. The Morgan fingerprint density at radius 3 is 2.32 bits per heavy atom. The number of hydrogen-bond acceptors (Lipinski definition) is 3. The summed E-state index contributed by atoms with van der Waals surface area (Å²) in [6.45, 7) is 0.878. The van der Waals surface area contributed by atoms with Gasteiger partial charge in [-0.2, -0.15) is 5.10 Å². The number of benzene rings is 1. The second kappa shape index (κ2) is 6.64. The number of methoxy groups -OCH3 is 1. The van der Waals surface area contributed by atoms with Crippen LogP contribution in [-0.2, 0) is 0 Å². The molecule has 1 N–H and O–H groups in total. The summed E-state index contributed by atoms with van der Waals surface area (Å²) >= 11 is 0. The lowest BCUT2D eigenvalue weighted by atomic mass is 9.49. The molecule has 0 spiro atoms. The van der Waals surface area contributed by atoms with Crippen molar-refractivity contribution in [3.05, 3.63) is 36.0 Å². The van der Waals surface area contributed by atoms with E-state index in [1.54, 1.807) is 13.3 Å². The molecule has 0 unspecified atom stereocenters. The Morgan fingerprint density at radius 1 is 1.14 bits per heavy atom. The Bertz CT molecular complexity index is 835. The van der Waals surface area contributed by atoms with E-state index in [0.29, 0.717) is 11.0 Å². The number of nitrogens with one attached hydrogen (secondary N) is 1. The monoisotopic (exact) mass is 379 g/mol. The number of nitrogens with zero attached hydrogens (tertiary/aromatic N) is 2. The van der Waals surface area contributed by atoms with E-state index in [1.807, 2.05) is 36.2 Å². The number of aromatic amines is 1. The molecular formula is C23H29N3O2. The largest absolute Gasteiger partial charge is 0.497 e. The van der Waals surface area contributed by atoms with Gasteiger partial charge in [0.05, 0.1) is 24.6 Å². The molecule has 1 heterocycles. The molecule has 0 saturated heterocycles. The van der Waals surface area contributed by atoms with Gasteiger partial charge in [0, 0.05) is 19.2 Å². The molecule has 1 amide bonds. The van der Waals surface area contributed by atoms with Crippen LogP contribution in [0.2, 0.25) is 0 Å². The molecule has 6 rings (SSSR count). The predicted octanol–water partition coefficient (Wildman–Crippen LogP) is 4.37. The maximum atomic E-state index is 13.3. The van der Waals surface area contributed by atoms with Crippen molar-refractivity contribution < 1.29 is 9.53 Å². The van der Waals surface area contributed by atoms with Crippen molar-refractivity contribution in [3.63, 3.8) is 0 Å². The molecule has 4 saturated carbocycles. The van der Waals surface area contributed by atoms with E-state index in [1.165, 1.54) is 38.5 Å². The van der Waals surface area contributed by atoms with Crippen LogP contribution < -0.4 is 4.74 Å². The molecule has 4 bridgehead atoms. The topological polar surface area (TPSA) is 58.2 Å². The third kappa shape index (κ3) is 3.01. The first-order valence-corrected chi connectivity index (χ1v) is 10.5. The fourth-order valence-corrected chi connectivity index (χ4v) is 6.69. The van der Waals surface area contributed by atoms with Gasteiger partial charge in [0.25, 0.3) is 5.91 Å². The molecule has 148 valence electrons. The molecule has 0 aliphatic heterocycles. The van der Waals surface area contributed by atoms with Crippen LogP contribution in [-0.4, -0.2) is 41.7 Å². The van der Waals surface area contributed by atoms with Gasteiger partial charge in [-0.1, -0.05) is 0 Å². The Kier molecular flexibility index (Phi) is 4.22. The fourth-order valence-electron chi connectivity index (χ4n) is 6.69. The Balaban J connectivity index is 1.35. The van der Waals surface area contributed by atoms with Crippen LogP contribution in [0.25, 0.3) is 11.3 Å². The number of H-pyrrole nitrogens is 1. The zero-order chi connectivity index (χ0) is 19.3. The van der Waals surface area contributed by atoms with Gasteiger partial charge >= 0.3 is 0 Å². The maximum absolute atomic E-state index is 13.3. The molecule has 4 aliphatic carbocycles. The molecular weight excluding hydrogens is 350 g/mol. The van der Waals surface area contributed by atoms with Crippen molar-refractivity contribution >= 4 is 5.91 Å². The standard InChI is InChI=1S/C23H29N3O2/c1-26(14-23-10-15-7-16(11-23)9-17(8-15)12-23)22(27)20-13-24-25-21(20)18-3-5-19(28-2)6-4-18/h3-6,13,15-17H,7-12,14H2,1-2H3,(H,24,25). The lowest BCUT2D eigenvalue weighted by Gasteiger charge is -2.57. The number of carbonyl (C=O) groups is 1. The first-order chi connectivity index (χ1) is 13.5. The van der Waals surface area contributed by atoms with Crippen LogP contribution in [0.5, 0.6) is 5.75 Å². The van der Waals surface area contributed by atoms with Crippen LogP contribution in [0.3, 0.4) is 0 Å². The number of hydrogen-bond donors (Lipinski definition) is 1. The summed E-state index contributed by atoms with van der Waals surface area (Å²) in [5.41, 5.74) is 2.73. The summed E-state index contributed by atoms with van der Waals surface area (Å²) in [4.78, 5) is 15.2. The van der Waals surface area contributed by atoms with E-state index < -0.39 is 0 Å². The van der Waals surface area contributed by atoms with E-state index in [-0.39, 0.29) is 5.91 Å². The van der Waals surface area contributed by atoms with Gasteiger partial charge in [0.2, 0.25) is 0 Å². The summed E-state index contributed by atoms with van der Waals surface area (Å²) in [6, 6.07) is 7.73. The number of aromatic nitrogens is 2. The van der Waals surface area contributed by atoms with Crippen LogP contribution in [0.1, 0.15) is 48.9 Å². The highest BCUT2D eigenvalue weighted by Crippen LogP contribution is 2.60. The van der Waals surface area contributed by atoms with Gasteiger partial charge in [-0.3, -0.25) is 9.89 Å². The zero-order valence-electron chi connectivity index (χ0n) is 16.8. The quantitative estimate of drug-likeness (QED) is 0.839. The van der Waals surface area contributed by atoms with E-state index in [9.17, 15) is 4.79 Å². The van der Waals surface area contributed by atoms with Gasteiger partial charge in [0.1, 0.15) is 5.75 Å². The van der Waals surface area contributed by atoms with E-state index >= 15 is 0 Å². The average molecular weight is 380 g/mol. The average Bonchev–Trinajstić information content (AvgIpc) is 3.15. The summed E-state index contributed by atoms with van der Waals surface area (Å²) < 4.78 is 5.24. The van der Waals surface area contributed by atoms with Crippen molar-refractivity contribution in [2.75, 3.05) is 20.7 Å². The van der Waals surface area contributed by atoms with Crippen LogP contribution in [0.4, 0.5) is 0 Å². The van der Waals surface area contributed by atoms with Gasteiger partial charge in [-0.05, 0) is 86.0 Å². The van der Waals surface area contributed by atoms with Crippen molar-refractivity contribution in [3.8, 4) is 17.0 Å². The number of rotatable bonds is 5. The van der Waals surface area contributed by atoms with Crippen molar-refractivity contribution in [2.45, 2.75) is 38.5 Å². The molecule has 4 fully saturated rings. The first-order valence-electron chi connectivity index (χ1n) is 10.5. The summed E-state index contributed by atoms with van der Waals surface area (Å²) in [5, 5.41) is 7.18. The summed E-state index contributed by atoms with van der Waals surface area (Å²) in [6.07, 6.45) is 9.90. The lowest BCUT2D eigenvalue weighted by Crippen LogP contribution is -2.51. The minimum absolute atomic E-state index is 0.0651. The summed E-state index contributed by atoms with van der Waals surface area (Å²) in [7, 11) is 3.62. The highest BCUT2D eigenvalue weighted by atomic mass is 16.5. The Morgan fingerprint density at radius 2 is 1.75 bits per heavy atom. The molecule has 2 aromatic rings. The Labute approximate surface area is 166 Å². The van der Waals surface area contributed by atoms with E-state index in [4.69, 9.17) is 4.74 Å². The minimum Gasteiger partial charge on any atom is -0.497 e. The third-order valence-corrected chi connectivity index (χ3v) is 7.33. The second-order valence-electron chi connectivity index (χ2n) is 9.47. The highest BCUT2D eigenvalue weighted by molar-refractivity contribution is 5.99. The van der Waals surface area contributed by atoms with Gasteiger partial charge < -0.3 is 9.64 Å². The van der Waals surface area contributed by atoms with Crippen molar-refractivity contribution in [1.82, 2.24) is 15.1 Å². The predicted molar refractivity (Wildman–Crippen MR) is 108 cm³/mol. The van der Waals surface area contributed by atoms with Crippen LogP contribution >= 0.6 is 0 Å². The van der Waals surface area contributed by atoms with Crippen LogP contribution in [0, 0.1) is 23.2 Å². The molecule has 28 heavy (non-hydrogen) atoms. The molecule has 5 nitrogen and oxygen atoms in total. The number of carbonyl (C=O) groups excluding carboxylic acids is 1. The minimum atomic E-state index is 0.0651. The van der Waals surface area contributed by atoms with Gasteiger partial charge in [-0.25, -0.2) is 0 Å². The molecule has 1 aromatic heterocycles. The normalized spacial score (nSPS) is 30.4. The number of amides is 1. The first kappa shape index (κ1) is 17.8. The smallest absolute Gasteiger partial charge is 0.257 e. The Hall–Kier alpha value is -2.30. The molecule has 4 aliphatic rings. The van der Waals surface area contributed by atoms with Crippen molar-refractivity contribution in [1.29, 1.82) is 0 Å². The van der Waals surface area contributed by atoms with E-state index in [2.05, 4.69) is 10.2 Å². The van der Waals surface area contributed by atoms with Gasteiger partial charge in [-0.15, -0.1) is 0 Å². The van der Waals surface area contributed by atoms with E-state index in [0.717, 1.165) is 41.3 Å². The lowest BCUT2D eigenvalue weighted by molar-refractivity contribution is -0.0629. The summed E-state index contributed by atoms with van der Waals surface area (Å²) in [5.74, 6) is 3.57.